The Morgan fingerprint density at radius 2 is 1.32 bits per heavy atom. The van der Waals surface area contributed by atoms with Crippen LogP contribution in [0.5, 0.6) is 5.75 Å². The second-order valence-electron chi connectivity index (χ2n) is 7.10. The zero-order valence-electron chi connectivity index (χ0n) is 14.3. The molecule has 0 saturated carbocycles. The summed E-state index contributed by atoms with van der Waals surface area (Å²) in [5.74, 6) is 0.971. The molecule has 1 aromatic rings. The summed E-state index contributed by atoms with van der Waals surface area (Å²) >= 11 is 0. The minimum Gasteiger partial charge on any atom is -0.497 e. The summed E-state index contributed by atoms with van der Waals surface area (Å²) in [5, 5.41) is 2.15. The molecule has 128 valence electrons. The van der Waals surface area contributed by atoms with Crippen molar-refractivity contribution in [3.63, 3.8) is 0 Å². The van der Waals surface area contributed by atoms with Crippen LogP contribution in [-0.2, 0) is 0 Å². The van der Waals surface area contributed by atoms with Crippen LogP contribution in [0.1, 0.15) is 41.5 Å². The standard InChI is InChI=1S/C15H25OP.BF4/c1-14(2,3)17(15(4,5)6)13-10-8-9-12(11-13)16-7;2-1(3,4)5/h8-11H,1-7H3;/q;-1/p+1. The molecule has 22 heavy (non-hydrogen) atoms. The molecule has 0 aliphatic carbocycles. The van der Waals surface area contributed by atoms with Crippen LogP contribution in [0.3, 0.4) is 0 Å². The lowest BCUT2D eigenvalue weighted by molar-refractivity contribution is 0.368. The van der Waals surface area contributed by atoms with E-state index in [0.29, 0.717) is 10.3 Å². The van der Waals surface area contributed by atoms with Crippen LogP contribution in [0, 0.1) is 0 Å². The fraction of sp³-hybridized carbons (Fsp3) is 0.600. The molecule has 1 nitrogen and oxygen atoms in total. The van der Waals surface area contributed by atoms with Crippen LogP contribution in [-0.4, -0.2) is 24.7 Å². The molecule has 0 bridgehead atoms. The molecule has 0 spiro atoms. The molecular weight excluding hydrogens is 314 g/mol. The Hall–Kier alpha value is -0.765. The molecule has 0 heterocycles. The van der Waals surface area contributed by atoms with Crippen molar-refractivity contribution in [2.75, 3.05) is 7.11 Å². The Bertz CT molecular complexity index is 444. The minimum atomic E-state index is -6.00. The van der Waals surface area contributed by atoms with Gasteiger partial charge >= 0.3 is 7.25 Å². The molecule has 0 saturated heterocycles. The maximum atomic E-state index is 9.75. The highest BCUT2D eigenvalue weighted by atomic mass is 31.1. The molecule has 0 N–H and O–H groups in total. The quantitative estimate of drug-likeness (QED) is 0.396. The first-order valence-electron chi connectivity index (χ1n) is 7.06. The number of halogens is 4. The highest BCUT2D eigenvalue weighted by molar-refractivity contribution is 7.68. The monoisotopic (exact) mass is 340 g/mol. The fourth-order valence-corrected chi connectivity index (χ4v) is 7.30. The summed E-state index contributed by atoms with van der Waals surface area (Å²) in [7, 11) is -4.93. The van der Waals surface area contributed by atoms with Crippen LogP contribution < -0.4 is 10.0 Å². The molecule has 0 atom stereocenters. The van der Waals surface area contributed by atoms with Crippen molar-refractivity contribution in [2.45, 2.75) is 51.9 Å². The van der Waals surface area contributed by atoms with E-state index >= 15 is 0 Å². The predicted octanol–water partition coefficient (Wildman–Crippen LogP) is 5.43. The SMILES string of the molecule is COc1cccc([PH+](C(C)(C)C)C(C)(C)C)c1.F[B-](F)(F)F. The summed E-state index contributed by atoms with van der Waals surface area (Å²) in [4.78, 5) is 0. The van der Waals surface area contributed by atoms with Gasteiger partial charge < -0.3 is 22.0 Å². The van der Waals surface area contributed by atoms with E-state index in [1.165, 1.54) is 5.30 Å². The van der Waals surface area contributed by atoms with E-state index in [-0.39, 0.29) is 0 Å². The number of benzene rings is 1. The lowest BCUT2D eigenvalue weighted by Crippen LogP contribution is -2.31. The Labute approximate surface area is 132 Å². The molecule has 1 aromatic carbocycles. The van der Waals surface area contributed by atoms with Gasteiger partial charge in [-0.1, -0.05) is 6.07 Å². The summed E-state index contributed by atoms with van der Waals surface area (Å²) in [5.41, 5.74) is 0. The fourth-order valence-electron chi connectivity index (χ4n) is 2.77. The van der Waals surface area contributed by atoms with Crippen molar-refractivity contribution in [1.82, 2.24) is 0 Å². The van der Waals surface area contributed by atoms with Crippen molar-refractivity contribution in [3.05, 3.63) is 24.3 Å². The van der Waals surface area contributed by atoms with Gasteiger partial charge in [0, 0.05) is 14.0 Å². The van der Waals surface area contributed by atoms with Crippen LogP contribution >= 0.6 is 7.92 Å². The first-order valence-corrected chi connectivity index (χ1v) is 8.56. The van der Waals surface area contributed by atoms with Gasteiger partial charge in [0.15, 0.2) is 0 Å². The van der Waals surface area contributed by atoms with Gasteiger partial charge in [0.05, 0.1) is 22.7 Å². The normalized spacial score (nSPS) is 12.7. The van der Waals surface area contributed by atoms with Crippen molar-refractivity contribution in [1.29, 1.82) is 0 Å². The topological polar surface area (TPSA) is 9.23 Å². The molecule has 0 radical (unpaired) electrons. The maximum Gasteiger partial charge on any atom is 0.673 e. The van der Waals surface area contributed by atoms with Crippen molar-refractivity contribution < 1.29 is 22.0 Å². The summed E-state index contributed by atoms with van der Waals surface area (Å²) in [6, 6.07) is 8.60. The average Bonchev–Trinajstić information content (AvgIpc) is 2.22. The van der Waals surface area contributed by atoms with E-state index in [1.54, 1.807) is 7.11 Å². The van der Waals surface area contributed by atoms with Gasteiger partial charge in [-0.15, -0.1) is 0 Å². The van der Waals surface area contributed by atoms with Gasteiger partial charge in [-0.3, -0.25) is 0 Å². The predicted molar refractivity (Wildman–Crippen MR) is 90.6 cm³/mol. The second kappa shape index (κ2) is 7.67. The molecule has 7 heteroatoms. The van der Waals surface area contributed by atoms with Crippen LogP contribution in [0.15, 0.2) is 24.3 Å². The van der Waals surface area contributed by atoms with Crippen molar-refractivity contribution >= 4 is 20.5 Å². The number of hydrogen-bond donors (Lipinski definition) is 0. The summed E-state index contributed by atoms with van der Waals surface area (Å²) < 4.78 is 44.3. The van der Waals surface area contributed by atoms with Crippen LogP contribution in [0.25, 0.3) is 0 Å². The van der Waals surface area contributed by atoms with E-state index in [1.807, 2.05) is 6.07 Å². The molecule has 0 aliphatic rings. The highest BCUT2D eigenvalue weighted by Crippen LogP contribution is 2.58. The Balaban J connectivity index is 0.000000763. The number of ether oxygens (including phenoxy) is 1. The zero-order valence-corrected chi connectivity index (χ0v) is 15.3. The van der Waals surface area contributed by atoms with Gasteiger partial charge in [-0.25, -0.2) is 0 Å². The van der Waals surface area contributed by atoms with Crippen molar-refractivity contribution in [3.8, 4) is 5.75 Å². The molecule has 0 aliphatic heterocycles. The molecule has 0 fully saturated rings. The molecule has 1 rings (SSSR count). The van der Waals surface area contributed by atoms with Gasteiger partial charge in [0.25, 0.3) is 0 Å². The van der Waals surface area contributed by atoms with Crippen LogP contribution in [0.2, 0.25) is 0 Å². The Morgan fingerprint density at radius 1 is 0.909 bits per heavy atom. The molecule has 0 aromatic heterocycles. The lowest BCUT2D eigenvalue weighted by atomic mass is 10.2. The van der Waals surface area contributed by atoms with E-state index in [4.69, 9.17) is 4.74 Å². The van der Waals surface area contributed by atoms with Gasteiger partial charge in [0.2, 0.25) is 0 Å². The zero-order chi connectivity index (χ0) is 17.8. The van der Waals surface area contributed by atoms with E-state index < -0.39 is 15.2 Å². The average molecular weight is 340 g/mol. The van der Waals surface area contributed by atoms with E-state index in [0.717, 1.165) is 5.75 Å². The van der Waals surface area contributed by atoms with E-state index in [2.05, 4.69) is 59.7 Å². The smallest absolute Gasteiger partial charge is 0.497 e. The van der Waals surface area contributed by atoms with Gasteiger partial charge in [0.1, 0.15) is 5.75 Å². The lowest BCUT2D eigenvalue weighted by Gasteiger charge is -2.33. The van der Waals surface area contributed by atoms with E-state index in [9.17, 15) is 17.3 Å². The Morgan fingerprint density at radius 3 is 1.64 bits per heavy atom. The number of hydrogen-bond acceptors (Lipinski definition) is 1. The molecule has 0 amide bonds. The number of methoxy groups -OCH3 is 1. The first-order chi connectivity index (χ1) is 9.66. The summed E-state index contributed by atoms with van der Waals surface area (Å²) in [6.07, 6.45) is 0. The second-order valence-corrected chi connectivity index (χ2v) is 11.4. The molecule has 0 unspecified atom stereocenters. The largest absolute Gasteiger partial charge is 0.673 e. The van der Waals surface area contributed by atoms with Crippen molar-refractivity contribution in [2.24, 2.45) is 0 Å². The summed E-state index contributed by atoms with van der Waals surface area (Å²) in [6.45, 7) is 14.1. The first kappa shape index (κ1) is 21.2. The minimum absolute atomic E-state index is 0.343. The third-order valence-corrected chi connectivity index (χ3v) is 6.75. The third kappa shape index (κ3) is 8.62. The Kier molecular flexibility index (Phi) is 7.41. The maximum absolute atomic E-state index is 9.75. The van der Waals surface area contributed by atoms with Gasteiger partial charge in [-0.2, -0.15) is 0 Å². The number of rotatable bonds is 2. The van der Waals surface area contributed by atoms with Crippen LogP contribution in [0.4, 0.5) is 17.3 Å². The third-order valence-electron chi connectivity index (χ3n) is 2.86. The van der Waals surface area contributed by atoms with Gasteiger partial charge in [-0.05, 0) is 53.7 Å². The highest BCUT2D eigenvalue weighted by Gasteiger charge is 2.43. The molecular formula is C15H26BF4OP.